The molecular weight excluding hydrogens is 354 g/mol. The van der Waals surface area contributed by atoms with Crippen LogP contribution >= 0.6 is 11.6 Å². The van der Waals surface area contributed by atoms with Crippen molar-refractivity contribution in [3.8, 4) is 5.75 Å². The van der Waals surface area contributed by atoms with E-state index in [0.717, 1.165) is 13.1 Å². The van der Waals surface area contributed by atoms with E-state index >= 15 is 0 Å². The van der Waals surface area contributed by atoms with Gasteiger partial charge in [-0.15, -0.1) is 0 Å². The summed E-state index contributed by atoms with van der Waals surface area (Å²) in [5.41, 5.74) is 0. The van der Waals surface area contributed by atoms with E-state index in [2.05, 4.69) is 4.90 Å². The fourth-order valence-electron chi connectivity index (χ4n) is 3.02. The zero-order valence-electron chi connectivity index (χ0n) is 15.8. The lowest BCUT2D eigenvalue weighted by Crippen LogP contribution is -2.53. The number of ether oxygens (including phenoxy) is 1. The van der Waals surface area contributed by atoms with E-state index in [1.807, 2.05) is 18.7 Å². The van der Waals surface area contributed by atoms with Crippen molar-refractivity contribution in [3.05, 3.63) is 29.3 Å². The molecule has 6 nitrogen and oxygen atoms in total. The zero-order chi connectivity index (χ0) is 19.1. The summed E-state index contributed by atoms with van der Waals surface area (Å²) in [6.07, 6.45) is -0.556. The van der Waals surface area contributed by atoms with Crippen molar-refractivity contribution in [2.75, 3.05) is 45.8 Å². The molecule has 1 atom stereocenters. The number of amides is 2. The SMILES string of the molecule is CCN(CC)C(=O)CN1CCN(C(=O)C(C)Oc2ccc(Cl)cc2)CC1. The van der Waals surface area contributed by atoms with Crippen LogP contribution in [0.1, 0.15) is 20.8 Å². The Kier molecular flexibility index (Phi) is 7.72. The Morgan fingerprint density at radius 3 is 2.23 bits per heavy atom. The van der Waals surface area contributed by atoms with Crippen molar-refractivity contribution in [2.45, 2.75) is 26.9 Å². The highest BCUT2D eigenvalue weighted by Crippen LogP contribution is 2.17. The first-order valence-electron chi connectivity index (χ1n) is 9.15. The van der Waals surface area contributed by atoms with E-state index in [1.54, 1.807) is 36.1 Å². The van der Waals surface area contributed by atoms with Crippen LogP contribution in [-0.4, -0.2) is 78.4 Å². The third-order valence-electron chi connectivity index (χ3n) is 4.63. The van der Waals surface area contributed by atoms with Gasteiger partial charge in [-0.05, 0) is 45.0 Å². The summed E-state index contributed by atoms with van der Waals surface area (Å²) in [5.74, 6) is 0.739. The average molecular weight is 382 g/mol. The van der Waals surface area contributed by atoms with E-state index in [1.165, 1.54) is 0 Å². The van der Waals surface area contributed by atoms with E-state index in [-0.39, 0.29) is 11.8 Å². The summed E-state index contributed by atoms with van der Waals surface area (Å²) in [7, 11) is 0. The Morgan fingerprint density at radius 2 is 1.69 bits per heavy atom. The topological polar surface area (TPSA) is 53.1 Å². The van der Waals surface area contributed by atoms with Crippen molar-refractivity contribution < 1.29 is 14.3 Å². The van der Waals surface area contributed by atoms with Crippen LogP contribution in [0.25, 0.3) is 0 Å². The molecule has 2 amide bonds. The van der Waals surface area contributed by atoms with Gasteiger partial charge in [-0.3, -0.25) is 14.5 Å². The Balaban J connectivity index is 1.80. The van der Waals surface area contributed by atoms with Gasteiger partial charge in [-0.1, -0.05) is 11.6 Å². The molecule has 144 valence electrons. The molecule has 0 radical (unpaired) electrons. The first kappa shape index (κ1) is 20.5. The molecule has 1 aliphatic rings. The van der Waals surface area contributed by atoms with Gasteiger partial charge in [0.25, 0.3) is 5.91 Å². The summed E-state index contributed by atoms with van der Waals surface area (Å²) in [4.78, 5) is 30.5. The van der Waals surface area contributed by atoms with Crippen molar-refractivity contribution in [1.82, 2.24) is 14.7 Å². The number of likely N-dealkylation sites (N-methyl/N-ethyl adjacent to an activating group) is 1. The molecule has 26 heavy (non-hydrogen) atoms. The van der Waals surface area contributed by atoms with Gasteiger partial charge < -0.3 is 14.5 Å². The van der Waals surface area contributed by atoms with Gasteiger partial charge in [0, 0.05) is 44.3 Å². The molecule has 1 fully saturated rings. The van der Waals surface area contributed by atoms with E-state index < -0.39 is 6.10 Å². The van der Waals surface area contributed by atoms with Crippen LogP contribution in [0.4, 0.5) is 0 Å². The molecule has 0 aromatic heterocycles. The van der Waals surface area contributed by atoms with Crippen LogP contribution in [0, 0.1) is 0 Å². The predicted octanol–water partition coefficient (Wildman–Crippen LogP) is 2.12. The molecule has 0 spiro atoms. The molecule has 0 bridgehead atoms. The molecule has 2 rings (SSSR count). The number of halogens is 1. The Labute approximate surface area is 160 Å². The summed E-state index contributed by atoms with van der Waals surface area (Å²) >= 11 is 5.86. The lowest BCUT2D eigenvalue weighted by Gasteiger charge is -2.36. The number of carbonyl (C=O) groups is 2. The Hall–Kier alpha value is -1.79. The highest BCUT2D eigenvalue weighted by molar-refractivity contribution is 6.30. The fraction of sp³-hybridized carbons (Fsp3) is 0.579. The van der Waals surface area contributed by atoms with Crippen LogP contribution in [0.2, 0.25) is 5.02 Å². The molecular formula is C19H28ClN3O3. The monoisotopic (exact) mass is 381 g/mol. The zero-order valence-corrected chi connectivity index (χ0v) is 16.5. The molecule has 7 heteroatoms. The van der Waals surface area contributed by atoms with Crippen LogP contribution in [0.3, 0.4) is 0 Å². The molecule has 1 aromatic carbocycles. The number of benzene rings is 1. The maximum atomic E-state index is 12.6. The minimum Gasteiger partial charge on any atom is -0.481 e. The fourth-order valence-corrected chi connectivity index (χ4v) is 3.14. The second kappa shape index (κ2) is 9.78. The first-order valence-corrected chi connectivity index (χ1v) is 9.53. The second-order valence-electron chi connectivity index (χ2n) is 6.38. The van der Waals surface area contributed by atoms with Crippen LogP contribution in [-0.2, 0) is 9.59 Å². The molecule has 0 aliphatic carbocycles. The maximum Gasteiger partial charge on any atom is 0.263 e. The largest absolute Gasteiger partial charge is 0.481 e. The molecule has 1 aromatic rings. The standard InChI is InChI=1S/C19H28ClN3O3/c1-4-22(5-2)18(24)14-21-10-12-23(13-11-21)19(25)15(3)26-17-8-6-16(20)7-9-17/h6-9,15H,4-5,10-14H2,1-3H3. The van der Waals surface area contributed by atoms with Crippen molar-refractivity contribution in [2.24, 2.45) is 0 Å². The minimum atomic E-state index is -0.556. The number of hydrogen-bond donors (Lipinski definition) is 0. The van der Waals surface area contributed by atoms with E-state index in [9.17, 15) is 9.59 Å². The molecule has 1 heterocycles. The van der Waals surface area contributed by atoms with Gasteiger partial charge in [0.2, 0.25) is 5.91 Å². The summed E-state index contributed by atoms with van der Waals surface area (Å²) in [6, 6.07) is 6.98. The molecule has 1 saturated heterocycles. The summed E-state index contributed by atoms with van der Waals surface area (Å²) in [6.45, 7) is 10.2. The quantitative estimate of drug-likeness (QED) is 0.726. The maximum absolute atomic E-state index is 12.6. The van der Waals surface area contributed by atoms with Crippen LogP contribution < -0.4 is 4.74 Å². The predicted molar refractivity (Wildman–Crippen MR) is 102 cm³/mol. The molecule has 1 aliphatic heterocycles. The lowest BCUT2D eigenvalue weighted by molar-refractivity contribution is -0.140. The summed E-state index contributed by atoms with van der Waals surface area (Å²) < 4.78 is 5.71. The van der Waals surface area contributed by atoms with Gasteiger partial charge in [0.05, 0.1) is 6.54 Å². The smallest absolute Gasteiger partial charge is 0.263 e. The van der Waals surface area contributed by atoms with Crippen molar-refractivity contribution in [3.63, 3.8) is 0 Å². The van der Waals surface area contributed by atoms with Gasteiger partial charge in [-0.25, -0.2) is 0 Å². The number of carbonyl (C=O) groups excluding carboxylic acids is 2. The van der Waals surface area contributed by atoms with Crippen molar-refractivity contribution >= 4 is 23.4 Å². The number of hydrogen-bond acceptors (Lipinski definition) is 4. The normalized spacial score (nSPS) is 16.2. The highest BCUT2D eigenvalue weighted by atomic mass is 35.5. The molecule has 0 saturated carbocycles. The van der Waals surface area contributed by atoms with Gasteiger partial charge in [-0.2, -0.15) is 0 Å². The van der Waals surface area contributed by atoms with Crippen LogP contribution in [0.5, 0.6) is 5.75 Å². The second-order valence-corrected chi connectivity index (χ2v) is 6.82. The van der Waals surface area contributed by atoms with Crippen molar-refractivity contribution in [1.29, 1.82) is 0 Å². The third-order valence-corrected chi connectivity index (χ3v) is 4.89. The lowest BCUT2D eigenvalue weighted by atomic mass is 10.2. The molecule has 0 N–H and O–H groups in total. The van der Waals surface area contributed by atoms with Crippen LogP contribution in [0.15, 0.2) is 24.3 Å². The number of rotatable bonds is 7. The third kappa shape index (κ3) is 5.61. The first-order chi connectivity index (χ1) is 12.4. The van der Waals surface area contributed by atoms with Gasteiger partial charge >= 0.3 is 0 Å². The Bertz CT molecular complexity index is 597. The van der Waals surface area contributed by atoms with E-state index in [0.29, 0.717) is 43.5 Å². The van der Waals surface area contributed by atoms with Gasteiger partial charge in [0.1, 0.15) is 5.75 Å². The Morgan fingerprint density at radius 1 is 1.12 bits per heavy atom. The summed E-state index contributed by atoms with van der Waals surface area (Å²) in [5, 5.41) is 0.631. The minimum absolute atomic E-state index is 0.0327. The number of nitrogens with zero attached hydrogens (tertiary/aromatic N) is 3. The van der Waals surface area contributed by atoms with Gasteiger partial charge in [0.15, 0.2) is 6.10 Å². The number of piperazine rings is 1. The highest BCUT2D eigenvalue weighted by Gasteiger charge is 2.27. The average Bonchev–Trinajstić information content (AvgIpc) is 2.64. The molecule has 1 unspecified atom stereocenters. The van der Waals surface area contributed by atoms with E-state index in [4.69, 9.17) is 16.3 Å².